The van der Waals surface area contributed by atoms with E-state index in [-0.39, 0.29) is 13.2 Å². The van der Waals surface area contributed by atoms with Crippen molar-refractivity contribution in [1.29, 1.82) is 0 Å². The molecule has 0 unspecified atom stereocenters. The van der Waals surface area contributed by atoms with E-state index in [1.807, 2.05) is 48.5 Å². The minimum Gasteiger partial charge on any atom is -0.483 e. The molecular formula is C25H23N3O5. The third kappa shape index (κ3) is 4.50. The van der Waals surface area contributed by atoms with E-state index in [4.69, 9.17) is 10.5 Å². The van der Waals surface area contributed by atoms with Gasteiger partial charge in [0.2, 0.25) is 5.91 Å². The first-order valence-electron chi connectivity index (χ1n) is 10.3. The molecule has 0 bridgehead atoms. The van der Waals surface area contributed by atoms with Gasteiger partial charge in [-0.3, -0.25) is 14.4 Å². The molecule has 1 aromatic heterocycles. The third-order valence-corrected chi connectivity index (χ3v) is 5.34. The van der Waals surface area contributed by atoms with Crippen molar-refractivity contribution in [1.82, 2.24) is 9.88 Å². The smallest absolute Gasteiger partial charge is 0.325 e. The number of esters is 1. The van der Waals surface area contributed by atoms with Crippen molar-refractivity contribution in [3.05, 3.63) is 77.9 Å². The maximum atomic E-state index is 12.2. The Balaban J connectivity index is 1.78. The van der Waals surface area contributed by atoms with Gasteiger partial charge in [-0.2, -0.15) is 0 Å². The second-order valence-electron chi connectivity index (χ2n) is 7.43. The maximum absolute atomic E-state index is 12.2. The second kappa shape index (κ2) is 9.44. The zero-order valence-corrected chi connectivity index (χ0v) is 18.0. The lowest BCUT2D eigenvalue weighted by Gasteiger charge is -2.10. The zero-order chi connectivity index (χ0) is 23.4. The number of nitrogens with two attached hydrogens (primary N) is 1. The summed E-state index contributed by atoms with van der Waals surface area (Å²) in [6.45, 7) is 0.0252. The Morgan fingerprint density at radius 1 is 0.909 bits per heavy atom. The Bertz CT molecular complexity index is 1340. The van der Waals surface area contributed by atoms with Crippen molar-refractivity contribution >= 4 is 39.6 Å². The summed E-state index contributed by atoms with van der Waals surface area (Å²) in [5, 5.41) is 3.80. The van der Waals surface area contributed by atoms with Crippen LogP contribution >= 0.6 is 0 Å². The summed E-state index contributed by atoms with van der Waals surface area (Å²) < 4.78 is 12.4. The van der Waals surface area contributed by atoms with Crippen LogP contribution in [0.15, 0.2) is 66.7 Å². The lowest BCUT2D eigenvalue weighted by atomic mass is 10.1. The number of methoxy groups -OCH3 is 1. The molecule has 0 saturated heterocycles. The number of hydrogen-bond acceptors (Lipinski definition) is 5. The first kappa shape index (κ1) is 21.9. The molecule has 0 spiro atoms. The topological polar surface area (TPSA) is 113 Å². The van der Waals surface area contributed by atoms with Crippen molar-refractivity contribution in [2.45, 2.75) is 6.54 Å². The van der Waals surface area contributed by atoms with Gasteiger partial charge >= 0.3 is 5.97 Å². The van der Waals surface area contributed by atoms with Gasteiger partial charge in [0.25, 0.3) is 5.91 Å². The largest absolute Gasteiger partial charge is 0.483 e. The third-order valence-electron chi connectivity index (χ3n) is 5.34. The van der Waals surface area contributed by atoms with Crippen molar-refractivity contribution < 1.29 is 23.9 Å². The molecule has 0 atom stereocenters. The fraction of sp³-hybridized carbons (Fsp3) is 0.160. The van der Waals surface area contributed by atoms with E-state index in [1.54, 1.807) is 18.2 Å². The number of carbonyl (C=O) groups excluding carboxylic acids is 3. The maximum Gasteiger partial charge on any atom is 0.325 e. The van der Waals surface area contributed by atoms with E-state index < -0.39 is 17.8 Å². The van der Waals surface area contributed by atoms with Crippen molar-refractivity contribution in [3.8, 4) is 5.75 Å². The summed E-state index contributed by atoms with van der Waals surface area (Å²) in [4.78, 5) is 35.6. The molecule has 33 heavy (non-hydrogen) atoms. The zero-order valence-electron chi connectivity index (χ0n) is 18.0. The van der Waals surface area contributed by atoms with Gasteiger partial charge in [-0.15, -0.1) is 0 Å². The van der Waals surface area contributed by atoms with E-state index in [0.29, 0.717) is 28.6 Å². The molecule has 8 nitrogen and oxygen atoms in total. The Hall–Kier alpha value is -4.33. The molecule has 4 rings (SSSR count). The average Bonchev–Trinajstić information content (AvgIpc) is 3.15. The van der Waals surface area contributed by atoms with Crippen LogP contribution in [-0.2, 0) is 20.9 Å². The van der Waals surface area contributed by atoms with Crippen molar-refractivity contribution in [3.63, 3.8) is 0 Å². The first-order valence-corrected chi connectivity index (χ1v) is 10.3. The predicted octanol–water partition coefficient (Wildman–Crippen LogP) is 2.61. The van der Waals surface area contributed by atoms with Gasteiger partial charge < -0.3 is 25.1 Å². The summed E-state index contributed by atoms with van der Waals surface area (Å²) in [6.07, 6.45) is 0. The monoisotopic (exact) mass is 445 g/mol. The number of primary amides is 1. The molecule has 4 aromatic rings. The Kier molecular flexibility index (Phi) is 6.26. The normalized spacial score (nSPS) is 10.8. The van der Waals surface area contributed by atoms with Crippen LogP contribution in [0.2, 0.25) is 0 Å². The fourth-order valence-electron chi connectivity index (χ4n) is 3.85. The van der Waals surface area contributed by atoms with Gasteiger partial charge in [0.15, 0.2) is 6.61 Å². The number of benzene rings is 3. The molecular weight excluding hydrogens is 422 g/mol. The number of ether oxygens (including phenoxy) is 2. The van der Waals surface area contributed by atoms with Crippen molar-refractivity contribution in [2.24, 2.45) is 5.73 Å². The Labute approximate surface area is 189 Å². The van der Waals surface area contributed by atoms with Gasteiger partial charge in [0.1, 0.15) is 12.3 Å². The van der Waals surface area contributed by atoms with Crippen LogP contribution < -0.4 is 15.8 Å². The second-order valence-corrected chi connectivity index (χ2v) is 7.43. The SMILES string of the molecule is COC(=O)CNC(=O)COc1cccc2c1c1c(C(N)=O)cccc1n2Cc1ccccc1. The number of hydrogen-bond donors (Lipinski definition) is 2. The standard InChI is InChI=1S/C25H23N3O5/c1-32-22(30)13-27-21(29)15-33-20-12-6-11-19-24(20)23-17(25(26)31)9-5-10-18(23)28(19)14-16-7-3-2-4-8-16/h2-12H,13-15H2,1H3,(H2,26,31)(H,27,29). The average molecular weight is 445 g/mol. The van der Waals surface area contributed by atoms with Crippen LogP contribution in [0.5, 0.6) is 5.75 Å². The van der Waals surface area contributed by atoms with Crippen LogP contribution in [0.1, 0.15) is 15.9 Å². The molecule has 0 fully saturated rings. The van der Waals surface area contributed by atoms with Gasteiger partial charge in [-0.25, -0.2) is 0 Å². The molecule has 0 aliphatic heterocycles. The molecule has 2 amide bonds. The molecule has 3 aromatic carbocycles. The molecule has 1 heterocycles. The van der Waals surface area contributed by atoms with E-state index in [2.05, 4.69) is 14.6 Å². The number of rotatable bonds is 8. The number of carbonyl (C=O) groups is 3. The molecule has 8 heteroatoms. The highest BCUT2D eigenvalue weighted by Crippen LogP contribution is 2.38. The lowest BCUT2D eigenvalue weighted by Crippen LogP contribution is -2.33. The van der Waals surface area contributed by atoms with Crippen LogP contribution in [0.4, 0.5) is 0 Å². The van der Waals surface area contributed by atoms with Gasteiger partial charge in [0, 0.05) is 17.5 Å². The van der Waals surface area contributed by atoms with Crippen LogP contribution in [0.25, 0.3) is 21.8 Å². The summed E-state index contributed by atoms with van der Waals surface area (Å²) in [5.74, 6) is -1.14. The van der Waals surface area contributed by atoms with Crippen LogP contribution in [0.3, 0.4) is 0 Å². The highest BCUT2D eigenvalue weighted by Gasteiger charge is 2.20. The minimum absolute atomic E-state index is 0.245. The summed E-state index contributed by atoms with van der Waals surface area (Å²) in [5.41, 5.74) is 8.82. The van der Waals surface area contributed by atoms with Gasteiger partial charge in [-0.1, -0.05) is 42.5 Å². The Morgan fingerprint density at radius 2 is 1.61 bits per heavy atom. The first-order chi connectivity index (χ1) is 16.0. The lowest BCUT2D eigenvalue weighted by molar-refractivity contribution is -0.141. The quantitative estimate of drug-likeness (QED) is 0.405. The highest BCUT2D eigenvalue weighted by atomic mass is 16.5. The number of nitrogens with zero attached hydrogens (tertiary/aromatic N) is 1. The molecule has 0 aliphatic carbocycles. The van der Waals surface area contributed by atoms with Gasteiger partial charge in [0.05, 0.1) is 23.5 Å². The number of amides is 2. The molecule has 0 radical (unpaired) electrons. The number of aromatic nitrogens is 1. The van der Waals surface area contributed by atoms with E-state index in [0.717, 1.165) is 16.6 Å². The van der Waals surface area contributed by atoms with Crippen LogP contribution in [0, 0.1) is 0 Å². The minimum atomic E-state index is -0.555. The van der Waals surface area contributed by atoms with E-state index in [1.165, 1.54) is 7.11 Å². The van der Waals surface area contributed by atoms with E-state index >= 15 is 0 Å². The molecule has 0 aliphatic rings. The fourth-order valence-corrected chi connectivity index (χ4v) is 3.85. The molecule has 168 valence electrons. The predicted molar refractivity (Wildman–Crippen MR) is 124 cm³/mol. The van der Waals surface area contributed by atoms with E-state index in [9.17, 15) is 14.4 Å². The molecule has 3 N–H and O–H groups in total. The summed E-state index contributed by atoms with van der Waals surface area (Å²) >= 11 is 0. The van der Waals surface area contributed by atoms with Gasteiger partial charge in [-0.05, 0) is 29.8 Å². The summed E-state index contributed by atoms with van der Waals surface area (Å²) in [6, 6.07) is 20.9. The highest BCUT2D eigenvalue weighted by molar-refractivity contribution is 6.19. The molecule has 0 saturated carbocycles. The number of fused-ring (bicyclic) bond motifs is 3. The van der Waals surface area contributed by atoms with Crippen LogP contribution in [-0.4, -0.2) is 42.6 Å². The Morgan fingerprint density at radius 3 is 2.30 bits per heavy atom. The number of nitrogens with one attached hydrogen (secondary N) is 1. The van der Waals surface area contributed by atoms with Crippen molar-refractivity contribution in [2.75, 3.05) is 20.3 Å². The summed E-state index contributed by atoms with van der Waals surface area (Å²) in [7, 11) is 1.24.